The van der Waals surface area contributed by atoms with Crippen LogP contribution >= 0.6 is 0 Å². The van der Waals surface area contributed by atoms with E-state index in [1.165, 1.54) is 0 Å². The molecule has 0 aromatic carbocycles. The molecule has 0 amide bonds. The molecular weight excluding hydrogens is 228 g/mol. The van der Waals surface area contributed by atoms with Crippen LogP contribution in [0.4, 0.5) is 0 Å². The zero-order valence-electron chi connectivity index (χ0n) is 11.7. The Kier molecular flexibility index (Phi) is 3.79. The average molecular weight is 252 g/mol. The summed E-state index contributed by atoms with van der Waals surface area (Å²) in [6, 6.07) is 0. The van der Waals surface area contributed by atoms with Crippen molar-refractivity contribution in [2.24, 2.45) is 23.2 Å². The molecule has 18 heavy (non-hydrogen) atoms. The smallest absolute Gasteiger partial charge is 0.308 e. The normalized spacial score (nSPS) is 37.2. The fourth-order valence-corrected chi connectivity index (χ4v) is 4.05. The summed E-state index contributed by atoms with van der Waals surface area (Å²) in [5.41, 5.74) is 0.140. The van der Waals surface area contributed by atoms with E-state index in [9.17, 15) is 9.59 Å². The molecule has 3 heteroatoms. The predicted molar refractivity (Wildman–Crippen MR) is 69.0 cm³/mol. The Bertz CT molecular complexity index is 350. The highest BCUT2D eigenvalue weighted by molar-refractivity contribution is 5.84. The molecule has 2 fully saturated rings. The molecule has 2 aliphatic carbocycles. The van der Waals surface area contributed by atoms with E-state index < -0.39 is 0 Å². The zero-order valence-corrected chi connectivity index (χ0v) is 11.7. The van der Waals surface area contributed by atoms with Crippen molar-refractivity contribution in [3.8, 4) is 0 Å². The van der Waals surface area contributed by atoms with Crippen molar-refractivity contribution in [1.29, 1.82) is 0 Å². The molecule has 0 aromatic heterocycles. The van der Waals surface area contributed by atoms with Crippen LogP contribution < -0.4 is 0 Å². The summed E-state index contributed by atoms with van der Waals surface area (Å²) < 4.78 is 5.11. The molecule has 0 aliphatic heterocycles. The Balaban J connectivity index is 2.15. The number of hydrogen-bond donors (Lipinski definition) is 0. The Morgan fingerprint density at radius 3 is 2.89 bits per heavy atom. The zero-order chi connectivity index (χ0) is 13.3. The van der Waals surface area contributed by atoms with Crippen molar-refractivity contribution in [2.75, 3.05) is 6.61 Å². The molecule has 4 atom stereocenters. The van der Waals surface area contributed by atoms with E-state index in [1.807, 2.05) is 13.8 Å². The molecule has 0 aromatic rings. The first-order valence-corrected chi connectivity index (χ1v) is 7.19. The van der Waals surface area contributed by atoms with E-state index in [4.69, 9.17) is 4.74 Å². The van der Waals surface area contributed by atoms with Crippen molar-refractivity contribution < 1.29 is 14.3 Å². The predicted octanol–water partition coefficient (Wildman–Crippen LogP) is 2.97. The molecule has 2 saturated carbocycles. The second kappa shape index (κ2) is 5.02. The van der Waals surface area contributed by atoms with Gasteiger partial charge in [0.05, 0.1) is 12.5 Å². The summed E-state index contributed by atoms with van der Waals surface area (Å²) >= 11 is 0. The van der Waals surface area contributed by atoms with Gasteiger partial charge in [-0.25, -0.2) is 0 Å². The van der Waals surface area contributed by atoms with Crippen LogP contribution in [0.2, 0.25) is 0 Å². The van der Waals surface area contributed by atoms with E-state index in [1.54, 1.807) is 0 Å². The van der Waals surface area contributed by atoms with Gasteiger partial charge >= 0.3 is 5.97 Å². The lowest BCUT2D eigenvalue weighted by Crippen LogP contribution is -2.39. The van der Waals surface area contributed by atoms with Gasteiger partial charge in [-0.2, -0.15) is 0 Å². The van der Waals surface area contributed by atoms with E-state index >= 15 is 0 Å². The lowest BCUT2D eigenvalue weighted by atomic mass is 9.65. The number of esters is 1. The highest BCUT2D eigenvalue weighted by atomic mass is 16.5. The van der Waals surface area contributed by atoms with E-state index in [0.29, 0.717) is 18.8 Å². The highest BCUT2D eigenvalue weighted by Crippen LogP contribution is 2.55. The summed E-state index contributed by atoms with van der Waals surface area (Å²) in [5.74, 6) is 0.388. The van der Waals surface area contributed by atoms with Gasteiger partial charge < -0.3 is 4.74 Å². The Morgan fingerprint density at radius 2 is 2.22 bits per heavy atom. The number of fused-ring (bicyclic) bond motifs is 1. The molecule has 0 spiro atoms. The molecule has 3 nitrogen and oxygen atoms in total. The second-order valence-electron chi connectivity index (χ2n) is 6.19. The van der Waals surface area contributed by atoms with Crippen molar-refractivity contribution >= 4 is 11.8 Å². The third-order valence-electron chi connectivity index (χ3n) is 5.05. The van der Waals surface area contributed by atoms with Crippen LogP contribution in [-0.2, 0) is 14.3 Å². The number of carbonyl (C=O) groups excluding carboxylic acids is 2. The van der Waals surface area contributed by atoms with Crippen molar-refractivity contribution in [3.05, 3.63) is 0 Å². The number of Topliss-reactive ketones (excluding diaryl/α,β-unsaturated/α-hetero) is 1. The van der Waals surface area contributed by atoms with Crippen LogP contribution in [0.15, 0.2) is 0 Å². The molecular formula is C15H24O3. The summed E-state index contributed by atoms with van der Waals surface area (Å²) in [6.45, 7) is 6.41. The summed E-state index contributed by atoms with van der Waals surface area (Å²) in [7, 11) is 0. The summed E-state index contributed by atoms with van der Waals surface area (Å²) in [4.78, 5) is 24.1. The number of rotatable bonds is 3. The lowest BCUT2D eigenvalue weighted by molar-refractivity contribution is -0.151. The molecule has 102 valence electrons. The Hall–Kier alpha value is -0.860. The SMILES string of the molecule is CCOC(=O)[C@@H](C)[C@H]1CC[C@]2(C)CCCC(=O)[C@H]12. The van der Waals surface area contributed by atoms with E-state index in [-0.39, 0.29) is 29.1 Å². The Morgan fingerprint density at radius 1 is 1.50 bits per heavy atom. The van der Waals surface area contributed by atoms with Crippen LogP contribution in [0.5, 0.6) is 0 Å². The van der Waals surface area contributed by atoms with Crippen LogP contribution in [-0.4, -0.2) is 18.4 Å². The monoisotopic (exact) mass is 252 g/mol. The molecule has 0 radical (unpaired) electrons. The average Bonchev–Trinajstić information content (AvgIpc) is 2.67. The van der Waals surface area contributed by atoms with E-state index in [0.717, 1.165) is 25.7 Å². The second-order valence-corrected chi connectivity index (χ2v) is 6.19. The van der Waals surface area contributed by atoms with Gasteiger partial charge in [-0.1, -0.05) is 13.8 Å². The van der Waals surface area contributed by atoms with Gasteiger partial charge in [0.2, 0.25) is 0 Å². The highest BCUT2D eigenvalue weighted by Gasteiger charge is 2.52. The maximum absolute atomic E-state index is 12.2. The number of ketones is 1. The largest absolute Gasteiger partial charge is 0.466 e. The molecule has 0 bridgehead atoms. The van der Waals surface area contributed by atoms with Crippen molar-refractivity contribution in [3.63, 3.8) is 0 Å². The maximum atomic E-state index is 12.2. The van der Waals surface area contributed by atoms with Gasteiger partial charge in [0.15, 0.2) is 0 Å². The summed E-state index contributed by atoms with van der Waals surface area (Å²) in [6.07, 6.45) is 4.93. The molecule has 2 rings (SSSR count). The van der Waals surface area contributed by atoms with E-state index in [2.05, 4.69) is 6.92 Å². The van der Waals surface area contributed by atoms with Gasteiger partial charge in [-0.3, -0.25) is 9.59 Å². The van der Waals surface area contributed by atoms with Crippen LogP contribution in [0, 0.1) is 23.2 Å². The fraction of sp³-hybridized carbons (Fsp3) is 0.867. The lowest BCUT2D eigenvalue weighted by Gasteiger charge is -2.38. The third-order valence-corrected chi connectivity index (χ3v) is 5.05. The number of hydrogen-bond acceptors (Lipinski definition) is 3. The van der Waals surface area contributed by atoms with Gasteiger partial charge in [0.25, 0.3) is 0 Å². The first-order chi connectivity index (χ1) is 8.49. The molecule has 0 heterocycles. The quantitative estimate of drug-likeness (QED) is 0.725. The standard InChI is InChI=1S/C15H24O3/c1-4-18-14(17)10(2)11-7-9-15(3)8-5-6-12(16)13(11)15/h10-11,13H,4-9H2,1-3H3/t10-,11+,13-,15-/m0/s1. The van der Waals surface area contributed by atoms with Crippen LogP contribution in [0.25, 0.3) is 0 Å². The van der Waals surface area contributed by atoms with Crippen molar-refractivity contribution in [1.82, 2.24) is 0 Å². The van der Waals surface area contributed by atoms with Crippen molar-refractivity contribution in [2.45, 2.75) is 52.9 Å². The first-order valence-electron chi connectivity index (χ1n) is 7.19. The minimum absolute atomic E-state index is 0.0886. The molecule has 2 aliphatic rings. The van der Waals surface area contributed by atoms with Crippen LogP contribution in [0.1, 0.15) is 52.9 Å². The fourth-order valence-electron chi connectivity index (χ4n) is 4.05. The molecule has 0 saturated heterocycles. The molecule has 0 N–H and O–H groups in total. The van der Waals surface area contributed by atoms with Gasteiger partial charge in [0.1, 0.15) is 5.78 Å². The first kappa shape index (κ1) is 13.6. The molecule has 0 unspecified atom stereocenters. The third kappa shape index (κ3) is 2.19. The number of ether oxygens (including phenoxy) is 1. The maximum Gasteiger partial charge on any atom is 0.308 e. The van der Waals surface area contributed by atoms with Gasteiger partial charge in [-0.05, 0) is 43.9 Å². The van der Waals surface area contributed by atoms with Gasteiger partial charge in [0, 0.05) is 12.3 Å². The van der Waals surface area contributed by atoms with Crippen LogP contribution in [0.3, 0.4) is 0 Å². The minimum atomic E-state index is -0.140. The topological polar surface area (TPSA) is 43.4 Å². The number of carbonyl (C=O) groups is 2. The minimum Gasteiger partial charge on any atom is -0.466 e. The Labute approximate surface area is 109 Å². The summed E-state index contributed by atoms with van der Waals surface area (Å²) in [5, 5.41) is 0. The van der Waals surface area contributed by atoms with Gasteiger partial charge in [-0.15, -0.1) is 0 Å².